The van der Waals surface area contributed by atoms with E-state index in [9.17, 15) is 0 Å². The molecule has 0 radical (unpaired) electrons. The molecule has 2 nitrogen and oxygen atoms in total. The standard InChI is InChI=1S/C23H46N2/c1-16(2)20-10-8-18(5)14-22(20)25(13-7-12-24)23-15-19(6)9-11-21(23)17(3)4/h16-23H,7-15,24H2,1-6H3. The fraction of sp³-hybridized carbons (Fsp3) is 1.00. The third-order valence-electron chi connectivity index (χ3n) is 7.45. The van der Waals surface area contributed by atoms with Crippen molar-refractivity contribution in [1.82, 2.24) is 4.90 Å². The van der Waals surface area contributed by atoms with Gasteiger partial charge in [-0.3, -0.25) is 4.90 Å². The number of hydrogen-bond donors (Lipinski definition) is 1. The molecule has 148 valence electrons. The van der Waals surface area contributed by atoms with Crippen LogP contribution in [-0.4, -0.2) is 30.1 Å². The van der Waals surface area contributed by atoms with Gasteiger partial charge in [0.25, 0.3) is 0 Å². The Balaban J connectivity index is 2.27. The van der Waals surface area contributed by atoms with Gasteiger partial charge < -0.3 is 5.73 Å². The number of rotatable bonds is 7. The second kappa shape index (κ2) is 9.74. The molecule has 2 heteroatoms. The molecule has 2 N–H and O–H groups in total. The Morgan fingerprint density at radius 1 is 0.800 bits per heavy atom. The molecule has 2 saturated carbocycles. The maximum absolute atomic E-state index is 5.95. The zero-order valence-electron chi connectivity index (χ0n) is 18.0. The molecule has 2 aliphatic rings. The first-order valence-electron chi connectivity index (χ1n) is 11.3. The highest BCUT2D eigenvalue weighted by molar-refractivity contribution is 4.95. The topological polar surface area (TPSA) is 29.3 Å². The Morgan fingerprint density at radius 3 is 1.60 bits per heavy atom. The maximum Gasteiger partial charge on any atom is 0.0132 e. The summed E-state index contributed by atoms with van der Waals surface area (Å²) < 4.78 is 0. The smallest absolute Gasteiger partial charge is 0.0132 e. The summed E-state index contributed by atoms with van der Waals surface area (Å²) in [5.74, 6) is 5.13. The molecule has 0 aliphatic heterocycles. The van der Waals surface area contributed by atoms with Gasteiger partial charge in [0.15, 0.2) is 0 Å². The lowest BCUT2D eigenvalue weighted by Gasteiger charge is -2.52. The van der Waals surface area contributed by atoms with E-state index in [4.69, 9.17) is 5.73 Å². The molecule has 25 heavy (non-hydrogen) atoms. The summed E-state index contributed by atoms with van der Waals surface area (Å²) in [4.78, 5) is 2.99. The van der Waals surface area contributed by atoms with Gasteiger partial charge in [0.1, 0.15) is 0 Å². The van der Waals surface area contributed by atoms with Crippen molar-refractivity contribution in [2.24, 2.45) is 41.2 Å². The van der Waals surface area contributed by atoms with Crippen molar-refractivity contribution in [3.05, 3.63) is 0 Å². The van der Waals surface area contributed by atoms with Crippen LogP contribution >= 0.6 is 0 Å². The minimum Gasteiger partial charge on any atom is -0.330 e. The third-order valence-corrected chi connectivity index (χ3v) is 7.45. The highest BCUT2D eigenvalue weighted by Crippen LogP contribution is 2.42. The number of nitrogens with zero attached hydrogens (tertiary/aromatic N) is 1. The molecule has 0 heterocycles. The molecule has 2 aliphatic carbocycles. The van der Waals surface area contributed by atoms with E-state index in [0.717, 1.165) is 60.6 Å². The average Bonchev–Trinajstić information content (AvgIpc) is 2.55. The highest BCUT2D eigenvalue weighted by atomic mass is 15.2. The summed E-state index contributed by atoms with van der Waals surface area (Å²) in [5.41, 5.74) is 5.95. The molecular weight excluding hydrogens is 304 g/mol. The molecule has 6 unspecified atom stereocenters. The second-order valence-electron chi connectivity index (χ2n) is 10.2. The zero-order chi connectivity index (χ0) is 18.6. The first-order chi connectivity index (χ1) is 11.8. The van der Waals surface area contributed by atoms with Crippen molar-refractivity contribution in [1.29, 1.82) is 0 Å². The average molecular weight is 351 g/mol. The molecule has 0 spiro atoms. The summed E-state index contributed by atoms with van der Waals surface area (Å²) in [6.07, 6.45) is 9.68. The van der Waals surface area contributed by atoms with Gasteiger partial charge in [0.05, 0.1) is 0 Å². The molecule has 0 saturated heterocycles. The van der Waals surface area contributed by atoms with Crippen LogP contribution in [-0.2, 0) is 0 Å². The monoisotopic (exact) mass is 350 g/mol. The molecule has 2 rings (SSSR count). The fourth-order valence-electron chi connectivity index (χ4n) is 5.92. The first-order valence-corrected chi connectivity index (χ1v) is 11.3. The van der Waals surface area contributed by atoms with E-state index in [1.54, 1.807) is 0 Å². The van der Waals surface area contributed by atoms with Gasteiger partial charge in [-0.05, 0) is 80.7 Å². The molecule has 2 fully saturated rings. The van der Waals surface area contributed by atoms with E-state index in [0.29, 0.717) is 0 Å². The number of nitrogens with two attached hydrogens (primary N) is 1. The van der Waals surface area contributed by atoms with Gasteiger partial charge in [0, 0.05) is 12.1 Å². The van der Waals surface area contributed by atoms with Gasteiger partial charge in [-0.2, -0.15) is 0 Å². The zero-order valence-corrected chi connectivity index (χ0v) is 18.0. The molecule has 0 aromatic carbocycles. The van der Waals surface area contributed by atoms with Crippen LogP contribution in [0.3, 0.4) is 0 Å². The second-order valence-corrected chi connectivity index (χ2v) is 10.2. The molecule has 6 atom stereocenters. The summed E-state index contributed by atoms with van der Waals surface area (Å²) in [6, 6.07) is 1.57. The Morgan fingerprint density at radius 2 is 1.24 bits per heavy atom. The SMILES string of the molecule is CC1CCC(C(C)C)C(N(CCCN)C2CC(C)CCC2C(C)C)C1. The van der Waals surface area contributed by atoms with Crippen LogP contribution in [0.2, 0.25) is 0 Å². The van der Waals surface area contributed by atoms with E-state index >= 15 is 0 Å². The third kappa shape index (κ3) is 5.45. The summed E-state index contributed by atoms with van der Waals surface area (Å²) >= 11 is 0. The van der Waals surface area contributed by atoms with Gasteiger partial charge in [-0.15, -0.1) is 0 Å². The van der Waals surface area contributed by atoms with Crippen LogP contribution in [0.25, 0.3) is 0 Å². The lowest BCUT2D eigenvalue weighted by molar-refractivity contribution is -0.0228. The number of hydrogen-bond acceptors (Lipinski definition) is 2. The predicted molar refractivity (Wildman–Crippen MR) is 111 cm³/mol. The Bertz CT molecular complexity index is 346. The summed E-state index contributed by atoms with van der Waals surface area (Å²) in [5, 5.41) is 0. The largest absolute Gasteiger partial charge is 0.330 e. The van der Waals surface area contributed by atoms with Crippen LogP contribution in [0, 0.1) is 35.5 Å². The van der Waals surface area contributed by atoms with E-state index in [1.165, 1.54) is 45.1 Å². The van der Waals surface area contributed by atoms with Crippen molar-refractivity contribution < 1.29 is 0 Å². The van der Waals surface area contributed by atoms with Gasteiger partial charge in [0.2, 0.25) is 0 Å². The van der Waals surface area contributed by atoms with E-state index in [1.807, 2.05) is 0 Å². The quantitative estimate of drug-likeness (QED) is 0.651. The Hall–Kier alpha value is -0.0800. The van der Waals surface area contributed by atoms with Crippen LogP contribution < -0.4 is 5.73 Å². The molecule has 0 amide bonds. The van der Waals surface area contributed by atoms with Crippen LogP contribution in [0.4, 0.5) is 0 Å². The van der Waals surface area contributed by atoms with E-state index in [2.05, 4.69) is 46.4 Å². The van der Waals surface area contributed by atoms with Crippen molar-refractivity contribution in [2.45, 2.75) is 98.6 Å². The first kappa shape index (κ1) is 21.2. The summed E-state index contributed by atoms with van der Waals surface area (Å²) in [6.45, 7) is 16.8. The fourth-order valence-corrected chi connectivity index (χ4v) is 5.92. The lowest BCUT2D eigenvalue weighted by Crippen LogP contribution is -2.55. The predicted octanol–water partition coefficient (Wildman–Crippen LogP) is 5.56. The molecule has 0 bridgehead atoms. The lowest BCUT2D eigenvalue weighted by atomic mass is 9.69. The molecule has 0 aromatic heterocycles. The van der Waals surface area contributed by atoms with Crippen LogP contribution in [0.15, 0.2) is 0 Å². The van der Waals surface area contributed by atoms with Crippen molar-refractivity contribution in [3.63, 3.8) is 0 Å². The van der Waals surface area contributed by atoms with E-state index in [-0.39, 0.29) is 0 Å². The van der Waals surface area contributed by atoms with Crippen LogP contribution in [0.1, 0.15) is 86.5 Å². The van der Waals surface area contributed by atoms with Crippen molar-refractivity contribution in [3.8, 4) is 0 Å². The minimum atomic E-state index is 0.784. The van der Waals surface area contributed by atoms with Crippen LogP contribution in [0.5, 0.6) is 0 Å². The molecular formula is C23H46N2. The normalized spacial score (nSPS) is 37.2. The highest BCUT2D eigenvalue weighted by Gasteiger charge is 2.41. The van der Waals surface area contributed by atoms with Gasteiger partial charge in [-0.25, -0.2) is 0 Å². The maximum atomic E-state index is 5.95. The minimum absolute atomic E-state index is 0.784. The Kier molecular flexibility index (Phi) is 8.27. The Labute approximate surface area is 158 Å². The van der Waals surface area contributed by atoms with Crippen molar-refractivity contribution in [2.75, 3.05) is 13.1 Å². The van der Waals surface area contributed by atoms with Gasteiger partial charge >= 0.3 is 0 Å². The van der Waals surface area contributed by atoms with E-state index < -0.39 is 0 Å². The van der Waals surface area contributed by atoms with Crippen molar-refractivity contribution >= 4 is 0 Å². The van der Waals surface area contributed by atoms with Gasteiger partial charge in [-0.1, -0.05) is 54.4 Å². The summed E-state index contributed by atoms with van der Waals surface area (Å²) in [7, 11) is 0. The molecule has 0 aromatic rings.